The second-order valence-electron chi connectivity index (χ2n) is 4.07. The van der Waals surface area contributed by atoms with E-state index in [9.17, 15) is 4.79 Å². The number of carbonyl (C=O) groups is 1. The first-order valence-corrected chi connectivity index (χ1v) is 6.63. The largest absolute Gasteiger partial charge is 0.331 e. The molecule has 0 saturated heterocycles. The normalized spacial score (nSPS) is 15.9. The maximum Gasteiger partial charge on any atom is 0.331 e. The van der Waals surface area contributed by atoms with Crippen LogP contribution in [0.4, 0.5) is 0 Å². The van der Waals surface area contributed by atoms with Gasteiger partial charge >= 0.3 is 5.97 Å². The Hall–Kier alpha value is -1.81. The van der Waals surface area contributed by atoms with Crippen molar-refractivity contribution in [3.63, 3.8) is 0 Å². The topological polar surface area (TPSA) is 38.7 Å². The molecule has 3 nitrogen and oxygen atoms in total. The van der Waals surface area contributed by atoms with Gasteiger partial charge in [0.15, 0.2) is 0 Å². The van der Waals surface area contributed by atoms with Gasteiger partial charge in [-0.3, -0.25) is 0 Å². The lowest BCUT2D eigenvalue weighted by Crippen LogP contribution is -2.03. The van der Waals surface area contributed by atoms with Crippen molar-refractivity contribution in [1.29, 1.82) is 0 Å². The number of rotatable bonds is 1. The number of hydrogen-bond donors (Lipinski definition) is 0. The molecule has 0 aliphatic carbocycles. The monoisotopic (exact) mass is 257 g/mol. The third kappa shape index (κ3) is 1.88. The van der Waals surface area contributed by atoms with Gasteiger partial charge in [-0.25, -0.2) is 4.79 Å². The highest BCUT2D eigenvalue weighted by Crippen LogP contribution is 2.36. The minimum absolute atomic E-state index is 0.388. The molecule has 4 heteroatoms. The summed E-state index contributed by atoms with van der Waals surface area (Å²) in [7, 11) is 0. The van der Waals surface area contributed by atoms with Crippen LogP contribution in [0.5, 0.6) is 0 Å². The zero-order valence-electron chi connectivity index (χ0n) is 9.84. The number of fused-ring (bicyclic) bond motifs is 3. The van der Waals surface area contributed by atoms with Gasteiger partial charge in [0.25, 0.3) is 0 Å². The Morgan fingerprint density at radius 3 is 2.94 bits per heavy atom. The van der Waals surface area contributed by atoms with E-state index in [0.717, 1.165) is 22.4 Å². The van der Waals surface area contributed by atoms with Crippen LogP contribution in [0, 0.1) is 0 Å². The van der Waals surface area contributed by atoms with E-state index in [1.165, 1.54) is 17.2 Å². The SMILES string of the molecule is CC(=O)ON=C1CSc2ccc3ccccc3c21. The summed E-state index contributed by atoms with van der Waals surface area (Å²) in [4.78, 5) is 16.8. The molecule has 0 N–H and O–H groups in total. The lowest BCUT2D eigenvalue weighted by atomic mass is 10.0. The molecular weight excluding hydrogens is 246 g/mol. The lowest BCUT2D eigenvalue weighted by Gasteiger charge is -2.04. The zero-order chi connectivity index (χ0) is 12.5. The molecule has 0 unspecified atom stereocenters. The molecule has 2 aromatic carbocycles. The number of nitrogens with zero attached hydrogens (tertiary/aromatic N) is 1. The van der Waals surface area contributed by atoms with Crippen LogP contribution in [-0.4, -0.2) is 17.4 Å². The highest BCUT2D eigenvalue weighted by molar-refractivity contribution is 8.00. The Labute approximate surface area is 109 Å². The van der Waals surface area contributed by atoms with Crippen LogP contribution in [0.25, 0.3) is 10.8 Å². The van der Waals surface area contributed by atoms with Gasteiger partial charge in [-0.15, -0.1) is 11.8 Å². The fraction of sp³-hybridized carbons (Fsp3) is 0.143. The van der Waals surface area contributed by atoms with Gasteiger partial charge in [0.2, 0.25) is 0 Å². The van der Waals surface area contributed by atoms with Gasteiger partial charge in [-0.2, -0.15) is 0 Å². The Kier molecular flexibility index (Phi) is 2.80. The maximum absolute atomic E-state index is 10.8. The summed E-state index contributed by atoms with van der Waals surface area (Å²) >= 11 is 1.72. The van der Waals surface area contributed by atoms with E-state index in [1.807, 2.05) is 12.1 Å². The van der Waals surface area contributed by atoms with Gasteiger partial charge in [-0.1, -0.05) is 35.5 Å². The summed E-state index contributed by atoms with van der Waals surface area (Å²) < 4.78 is 0. The van der Waals surface area contributed by atoms with E-state index in [1.54, 1.807) is 11.8 Å². The third-order valence-corrected chi connectivity index (χ3v) is 3.90. The van der Waals surface area contributed by atoms with Crippen LogP contribution >= 0.6 is 11.8 Å². The number of thioether (sulfide) groups is 1. The second-order valence-corrected chi connectivity index (χ2v) is 5.09. The van der Waals surface area contributed by atoms with E-state index in [4.69, 9.17) is 4.84 Å². The van der Waals surface area contributed by atoms with Crippen LogP contribution in [-0.2, 0) is 9.63 Å². The zero-order valence-corrected chi connectivity index (χ0v) is 10.7. The van der Waals surface area contributed by atoms with E-state index in [0.29, 0.717) is 0 Å². The highest BCUT2D eigenvalue weighted by atomic mass is 32.2. The first kappa shape index (κ1) is 11.3. The standard InChI is InChI=1S/C14H11NO2S/c1-9(16)17-15-12-8-18-13-7-6-10-4-2-3-5-11(10)14(12)13/h2-7H,8H2,1H3. The van der Waals surface area contributed by atoms with Crippen molar-refractivity contribution < 1.29 is 9.63 Å². The summed E-state index contributed by atoms with van der Waals surface area (Å²) in [5, 5.41) is 6.29. The molecule has 1 aliphatic heterocycles. The minimum Gasteiger partial charge on any atom is -0.318 e. The van der Waals surface area contributed by atoms with E-state index >= 15 is 0 Å². The first-order chi connectivity index (χ1) is 8.75. The summed E-state index contributed by atoms with van der Waals surface area (Å²) in [5.41, 5.74) is 1.93. The van der Waals surface area contributed by atoms with Crippen LogP contribution in [0.1, 0.15) is 12.5 Å². The molecule has 0 aromatic heterocycles. The molecule has 2 aromatic rings. The van der Waals surface area contributed by atoms with Gasteiger partial charge in [0.1, 0.15) is 0 Å². The fourth-order valence-corrected chi connectivity index (χ4v) is 3.10. The number of hydrogen-bond acceptors (Lipinski definition) is 4. The molecular formula is C14H11NO2S. The average Bonchev–Trinajstić information content (AvgIpc) is 2.80. The predicted octanol–water partition coefficient (Wildman–Crippen LogP) is 3.21. The number of carbonyl (C=O) groups excluding carboxylic acids is 1. The molecule has 0 spiro atoms. The fourth-order valence-electron chi connectivity index (χ4n) is 2.08. The van der Waals surface area contributed by atoms with E-state index in [2.05, 4.69) is 29.4 Å². The van der Waals surface area contributed by atoms with Gasteiger partial charge in [-0.05, 0) is 16.8 Å². The molecule has 90 valence electrons. The molecule has 0 atom stereocenters. The van der Waals surface area contributed by atoms with Crippen molar-refractivity contribution in [3.05, 3.63) is 42.0 Å². The van der Waals surface area contributed by atoms with Gasteiger partial charge in [0, 0.05) is 23.1 Å². The molecule has 3 rings (SSSR count). The van der Waals surface area contributed by atoms with E-state index in [-0.39, 0.29) is 5.97 Å². The van der Waals surface area contributed by atoms with Crippen LogP contribution < -0.4 is 0 Å². The highest BCUT2D eigenvalue weighted by Gasteiger charge is 2.21. The van der Waals surface area contributed by atoms with Crippen molar-refractivity contribution in [2.45, 2.75) is 11.8 Å². The maximum atomic E-state index is 10.8. The number of oxime groups is 1. The van der Waals surface area contributed by atoms with E-state index < -0.39 is 0 Å². The molecule has 0 fully saturated rings. The Bertz CT molecular complexity index is 664. The molecule has 0 amide bonds. The van der Waals surface area contributed by atoms with Gasteiger partial charge < -0.3 is 4.84 Å². The Morgan fingerprint density at radius 1 is 1.28 bits per heavy atom. The predicted molar refractivity (Wildman–Crippen MR) is 73.0 cm³/mol. The Morgan fingerprint density at radius 2 is 2.11 bits per heavy atom. The van der Waals surface area contributed by atoms with Crippen LogP contribution in [0.15, 0.2) is 46.4 Å². The second kappa shape index (κ2) is 4.46. The van der Waals surface area contributed by atoms with Crippen LogP contribution in [0.3, 0.4) is 0 Å². The van der Waals surface area contributed by atoms with Crippen molar-refractivity contribution in [2.24, 2.45) is 5.16 Å². The van der Waals surface area contributed by atoms with Crippen molar-refractivity contribution in [2.75, 3.05) is 5.75 Å². The molecule has 0 radical (unpaired) electrons. The minimum atomic E-state index is -0.388. The summed E-state index contributed by atoms with van der Waals surface area (Å²) in [6, 6.07) is 12.4. The molecule has 1 heterocycles. The molecule has 18 heavy (non-hydrogen) atoms. The van der Waals surface area contributed by atoms with Crippen molar-refractivity contribution in [1.82, 2.24) is 0 Å². The van der Waals surface area contributed by atoms with Gasteiger partial charge in [0.05, 0.1) is 5.71 Å². The average molecular weight is 257 g/mol. The van der Waals surface area contributed by atoms with Crippen LogP contribution in [0.2, 0.25) is 0 Å². The smallest absolute Gasteiger partial charge is 0.318 e. The summed E-state index contributed by atoms with van der Waals surface area (Å²) in [5.74, 6) is 0.359. The lowest BCUT2D eigenvalue weighted by molar-refractivity contribution is -0.140. The molecule has 0 bridgehead atoms. The quantitative estimate of drug-likeness (QED) is 0.581. The molecule has 0 saturated carbocycles. The summed E-state index contributed by atoms with van der Waals surface area (Å²) in [6.45, 7) is 1.36. The van der Waals surface area contributed by atoms with Crippen molar-refractivity contribution in [3.8, 4) is 0 Å². The Balaban J connectivity index is 2.16. The third-order valence-electron chi connectivity index (χ3n) is 2.83. The number of benzene rings is 2. The first-order valence-electron chi connectivity index (χ1n) is 5.65. The van der Waals surface area contributed by atoms with Crippen molar-refractivity contribution >= 4 is 34.2 Å². The molecule has 1 aliphatic rings. The summed E-state index contributed by atoms with van der Waals surface area (Å²) in [6.07, 6.45) is 0.